The number of hydrogen-bond acceptors (Lipinski definition) is 3. The van der Waals surface area contributed by atoms with Crippen LogP contribution in [0, 0.1) is 17.8 Å². The van der Waals surface area contributed by atoms with Crippen LogP contribution in [0.5, 0.6) is 0 Å². The summed E-state index contributed by atoms with van der Waals surface area (Å²) in [6, 6.07) is 0. The first-order valence-electron chi connectivity index (χ1n) is 4.58. The summed E-state index contributed by atoms with van der Waals surface area (Å²) in [6.07, 6.45) is 1.06. The third-order valence-electron chi connectivity index (χ3n) is 3.88. The molecule has 3 rings (SSSR count). The first-order chi connectivity index (χ1) is 6.02. The zero-order valence-corrected chi connectivity index (χ0v) is 10.2. The highest BCUT2D eigenvalue weighted by Gasteiger charge is 2.66. The third-order valence-corrected chi connectivity index (χ3v) is 7.87. The van der Waals surface area contributed by atoms with Crippen LogP contribution in [0.1, 0.15) is 13.3 Å². The third kappa shape index (κ3) is 0.911. The molecule has 0 spiro atoms. The van der Waals surface area contributed by atoms with Crippen molar-refractivity contribution in [1.82, 2.24) is 0 Å². The van der Waals surface area contributed by atoms with Gasteiger partial charge >= 0.3 is 0 Å². The summed E-state index contributed by atoms with van der Waals surface area (Å²) >= 11 is 2.29. The molecule has 0 aromatic carbocycles. The molecule has 2 aliphatic carbocycles. The molecule has 0 amide bonds. The predicted molar refractivity (Wildman–Crippen MR) is 56.1 cm³/mol. The highest BCUT2D eigenvalue weighted by Crippen LogP contribution is 2.59. The monoisotopic (exact) mass is 314 g/mol. The van der Waals surface area contributed by atoms with Gasteiger partial charge in [-0.25, -0.2) is 0 Å². The molecule has 1 saturated heterocycles. The van der Waals surface area contributed by atoms with Crippen LogP contribution in [0.25, 0.3) is 0 Å². The molecule has 0 N–H and O–H groups in total. The molecule has 6 atom stereocenters. The van der Waals surface area contributed by atoms with Gasteiger partial charge in [0.25, 0.3) is 10.1 Å². The Morgan fingerprint density at radius 2 is 2.08 bits per heavy atom. The Bertz CT molecular complexity index is 352. The molecule has 74 valence electrons. The van der Waals surface area contributed by atoms with Gasteiger partial charge in [0.2, 0.25) is 0 Å². The van der Waals surface area contributed by atoms with Gasteiger partial charge in [0, 0.05) is 9.84 Å². The largest absolute Gasteiger partial charge is 0.271 e. The Morgan fingerprint density at radius 3 is 2.69 bits per heavy atom. The topological polar surface area (TPSA) is 43.4 Å². The molecule has 5 heteroatoms. The fourth-order valence-corrected chi connectivity index (χ4v) is 7.80. The molecular formula is C8H11IO3S. The summed E-state index contributed by atoms with van der Waals surface area (Å²) in [5.41, 5.74) is 0. The SMILES string of the molecule is CC1C2CC3C1OS(=O)(=O)C3C2I. The highest BCUT2D eigenvalue weighted by atomic mass is 127. The number of alkyl halides is 1. The average molecular weight is 314 g/mol. The number of fused-ring (bicyclic) bond motifs is 1. The minimum Gasteiger partial charge on any atom is -0.266 e. The maximum absolute atomic E-state index is 11.6. The summed E-state index contributed by atoms with van der Waals surface area (Å²) in [5, 5.41) is -0.195. The molecule has 1 aliphatic heterocycles. The molecule has 3 fully saturated rings. The summed E-state index contributed by atoms with van der Waals surface area (Å²) in [6.45, 7) is 2.12. The van der Waals surface area contributed by atoms with E-state index in [1.807, 2.05) is 0 Å². The first-order valence-corrected chi connectivity index (χ1v) is 7.30. The fourth-order valence-electron chi connectivity index (χ4n) is 3.27. The van der Waals surface area contributed by atoms with Crippen LogP contribution in [0.15, 0.2) is 0 Å². The fraction of sp³-hybridized carbons (Fsp3) is 1.00. The Morgan fingerprint density at radius 1 is 1.38 bits per heavy atom. The van der Waals surface area contributed by atoms with Crippen LogP contribution in [-0.4, -0.2) is 23.7 Å². The van der Waals surface area contributed by atoms with Crippen molar-refractivity contribution in [2.45, 2.75) is 28.6 Å². The minimum atomic E-state index is -3.22. The van der Waals surface area contributed by atoms with E-state index >= 15 is 0 Å². The van der Waals surface area contributed by atoms with Crippen LogP contribution in [0.2, 0.25) is 0 Å². The summed E-state index contributed by atoms with van der Waals surface area (Å²) in [4.78, 5) is 0. The van der Waals surface area contributed by atoms with Gasteiger partial charge in [0.05, 0.1) is 6.10 Å². The number of halogens is 1. The Labute approximate surface area is 91.5 Å². The van der Waals surface area contributed by atoms with Crippen molar-refractivity contribution in [1.29, 1.82) is 0 Å². The zero-order valence-electron chi connectivity index (χ0n) is 7.18. The van der Waals surface area contributed by atoms with Crippen LogP contribution in [0.3, 0.4) is 0 Å². The molecule has 0 radical (unpaired) electrons. The standard InChI is InChI=1S/C8H11IO3S/c1-3-4-2-5-7(3)12-13(10,11)8(5)6(4)9/h3-8H,2H2,1H3. The highest BCUT2D eigenvalue weighted by molar-refractivity contribution is 14.1. The van der Waals surface area contributed by atoms with E-state index in [1.165, 1.54) is 0 Å². The Balaban J connectivity index is 2.14. The maximum Gasteiger partial charge on any atom is 0.271 e. The normalized spacial score (nSPS) is 61.7. The van der Waals surface area contributed by atoms with Crippen molar-refractivity contribution < 1.29 is 12.6 Å². The van der Waals surface area contributed by atoms with Gasteiger partial charge in [-0.2, -0.15) is 8.42 Å². The second-order valence-electron chi connectivity index (χ2n) is 4.39. The second-order valence-corrected chi connectivity index (χ2v) is 7.55. The van der Waals surface area contributed by atoms with Crippen molar-refractivity contribution in [2.24, 2.45) is 17.8 Å². The minimum absolute atomic E-state index is 0.00557. The van der Waals surface area contributed by atoms with Crippen molar-refractivity contribution in [3.05, 3.63) is 0 Å². The van der Waals surface area contributed by atoms with E-state index in [0.29, 0.717) is 17.8 Å². The number of hydrogen-bond donors (Lipinski definition) is 0. The lowest BCUT2D eigenvalue weighted by molar-refractivity contribution is 0.144. The van der Waals surface area contributed by atoms with Crippen LogP contribution < -0.4 is 0 Å². The zero-order chi connectivity index (χ0) is 9.38. The van der Waals surface area contributed by atoms with Crippen molar-refractivity contribution >= 4 is 32.7 Å². The summed E-state index contributed by atoms with van der Waals surface area (Å²) in [5.74, 6) is 1.30. The van der Waals surface area contributed by atoms with Crippen LogP contribution in [0.4, 0.5) is 0 Å². The molecular weight excluding hydrogens is 303 g/mol. The van der Waals surface area contributed by atoms with Gasteiger partial charge in [-0.3, -0.25) is 4.18 Å². The lowest BCUT2D eigenvalue weighted by atomic mass is 9.88. The maximum atomic E-state index is 11.6. The predicted octanol–water partition coefficient (Wildman–Crippen LogP) is 1.17. The lowest BCUT2D eigenvalue weighted by Gasteiger charge is -2.25. The van der Waals surface area contributed by atoms with E-state index in [4.69, 9.17) is 4.18 Å². The second kappa shape index (κ2) is 2.41. The molecule has 3 aliphatic rings. The average Bonchev–Trinajstić information content (AvgIpc) is 2.54. The first kappa shape index (κ1) is 8.91. The lowest BCUT2D eigenvalue weighted by Crippen LogP contribution is -2.35. The van der Waals surface area contributed by atoms with Gasteiger partial charge in [0.1, 0.15) is 5.25 Å². The van der Waals surface area contributed by atoms with Crippen molar-refractivity contribution in [2.75, 3.05) is 0 Å². The molecule has 0 aromatic heterocycles. The molecule has 1 heterocycles. The Kier molecular flexibility index (Phi) is 1.65. The molecule has 6 unspecified atom stereocenters. The van der Waals surface area contributed by atoms with E-state index in [-0.39, 0.29) is 15.3 Å². The quantitative estimate of drug-likeness (QED) is 0.383. The summed E-state index contributed by atoms with van der Waals surface area (Å²) < 4.78 is 28.7. The molecule has 0 aromatic rings. The van der Waals surface area contributed by atoms with Crippen molar-refractivity contribution in [3.63, 3.8) is 0 Å². The van der Waals surface area contributed by atoms with Gasteiger partial charge in [-0.15, -0.1) is 0 Å². The van der Waals surface area contributed by atoms with Gasteiger partial charge in [0.15, 0.2) is 0 Å². The smallest absolute Gasteiger partial charge is 0.266 e. The van der Waals surface area contributed by atoms with E-state index in [9.17, 15) is 8.42 Å². The van der Waals surface area contributed by atoms with Gasteiger partial charge in [-0.05, 0) is 18.3 Å². The van der Waals surface area contributed by atoms with Crippen molar-refractivity contribution in [3.8, 4) is 0 Å². The van der Waals surface area contributed by atoms with Gasteiger partial charge < -0.3 is 0 Å². The van der Waals surface area contributed by atoms with Crippen LogP contribution >= 0.6 is 22.6 Å². The molecule has 2 saturated carbocycles. The van der Waals surface area contributed by atoms with E-state index < -0.39 is 10.1 Å². The molecule has 2 bridgehead atoms. The Hall–Kier alpha value is 0.640. The van der Waals surface area contributed by atoms with E-state index in [0.717, 1.165) is 6.42 Å². The van der Waals surface area contributed by atoms with Gasteiger partial charge in [-0.1, -0.05) is 29.5 Å². The number of rotatable bonds is 0. The molecule has 3 nitrogen and oxygen atoms in total. The molecule has 13 heavy (non-hydrogen) atoms. The van der Waals surface area contributed by atoms with E-state index in [1.54, 1.807) is 0 Å². The van der Waals surface area contributed by atoms with Crippen LogP contribution in [-0.2, 0) is 14.3 Å². The summed E-state index contributed by atoms with van der Waals surface area (Å²) in [7, 11) is -3.22. The van der Waals surface area contributed by atoms with E-state index in [2.05, 4.69) is 29.5 Å².